The smallest absolute Gasteiger partial charge is 0.228 e. The number of hydrogen-bond donors (Lipinski definition) is 1. The van der Waals surface area contributed by atoms with Crippen molar-refractivity contribution in [1.82, 2.24) is 14.9 Å². The Bertz CT molecular complexity index is 406. The monoisotopic (exact) mass is 203 g/mol. The molecule has 0 aromatic carbocycles. The molecule has 0 radical (unpaired) electrons. The van der Waals surface area contributed by atoms with Crippen LogP contribution >= 0.6 is 0 Å². The maximum atomic E-state index is 11.6. The highest BCUT2D eigenvalue weighted by atomic mass is 16.1. The van der Waals surface area contributed by atoms with Crippen molar-refractivity contribution in [2.24, 2.45) is 5.92 Å². The summed E-state index contributed by atoms with van der Waals surface area (Å²) in [6, 6.07) is 0. The number of amides is 1. The Labute approximate surface area is 88.3 Å². The van der Waals surface area contributed by atoms with E-state index in [-0.39, 0.29) is 11.8 Å². The van der Waals surface area contributed by atoms with Crippen molar-refractivity contribution >= 4 is 12.0 Å². The number of imidazole rings is 1. The van der Waals surface area contributed by atoms with Gasteiger partial charge in [-0.3, -0.25) is 4.79 Å². The van der Waals surface area contributed by atoms with E-state index in [0.29, 0.717) is 13.1 Å². The summed E-state index contributed by atoms with van der Waals surface area (Å²) in [5.74, 6) is 0.833. The van der Waals surface area contributed by atoms with Crippen molar-refractivity contribution in [1.29, 1.82) is 0 Å². The summed E-state index contributed by atoms with van der Waals surface area (Å²) in [6.45, 7) is 4.73. The Morgan fingerprint density at radius 3 is 3.47 bits per heavy atom. The molecule has 1 atom stereocenters. The third-order valence-corrected chi connectivity index (χ3v) is 2.38. The zero-order valence-electron chi connectivity index (χ0n) is 8.39. The second-order valence-electron chi connectivity index (χ2n) is 3.44. The number of carbonyl (C=O) groups excluding carboxylic acids is 1. The highest BCUT2D eigenvalue weighted by Crippen LogP contribution is 2.14. The van der Waals surface area contributed by atoms with Crippen molar-refractivity contribution in [2.45, 2.75) is 6.54 Å². The molecule has 15 heavy (non-hydrogen) atoms. The topological polar surface area (TPSA) is 46.9 Å². The van der Waals surface area contributed by atoms with Crippen LogP contribution in [0.5, 0.6) is 0 Å². The zero-order valence-corrected chi connectivity index (χ0v) is 8.39. The molecule has 0 saturated carbocycles. The number of nitrogens with one attached hydrogen (secondary N) is 1. The van der Waals surface area contributed by atoms with Crippen LogP contribution in [0.4, 0.5) is 0 Å². The SMILES string of the molecule is C=CCNC(=O)C1C=Cc2nccn2C1. The molecule has 1 unspecified atom stereocenters. The molecule has 0 bridgehead atoms. The molecular formula is C11H13N3O. The largest absolute Gasteiger partial charge is 0.352 e. The van der Waals surface area contributed by atoms with E-state index in [1.54, 1.807) is 12.3 Å². The average Bonchev–Trinajstić information content (AvgIpc) is 2.72. The zero-order chi connectivity index (χ0) is 10.7. The van der Waals surface area contributed by atoms with E-state index in [0.717, 1.165) is 5.82 Å². The fourth-order valence-corrected chi connectivity index (χ4v) is 1.58. The van der Waals surface area contributed by atoms with Crippen LogP contribution in [0.3, 0.4) is 0 Å². The van der Waals surface area contributed by atoms with Gasteiger partial charge in [-0.2, -0.15) is 0 Å². The minimum absolute atomic E-state index is 0.0329. The van der Waals surface area contributed by atoms with Gasteiger partial charge in [0.2, 0.25) is 5.91 Å². The Morgan fingerprint density at radius 1 is 1.80 bits per heavy atom. The molecule has 1 aliphatic rings. The third-order valence-electron chi connectivity index (χ3n) is 2.38. The summed E-state index contributed by atoms with van der Waals surface area (Å²) in [7, 11) is 0. The van der Waals surface area contributed by atoms with Crippen molar-refractivity contribution in [3.05, 3.63) is 36.9 Å². The lowest BCUT2D eigenvalue weighted by Gasteiger charge is -2.17. The van der Waals surface area contributed by atoms with E-state index in [4.69, 9.17) is 0 Å². The molecule has 1 aromatic rings. The number of rotatable bonds is 3. The Balaban J connectivity index is 2.03. The van der Waals surface area contributed by atoms with E-state index >= 15 is 0 Å². The third kappa shape index (κ3) is 1.98. The van der Waals surface area contributed by atoms with Crippen molar-refractivity contribution in [3.63, 3.8) is 0 Å². The summed E-state index contributed by atoms with van der Waals surface area (Å²) in [5, 5.41) is 2.78. The fraction of sp³-hybridized carbons (Fsp3) is 0.273. The average molecular weight is 203 g/mol. The van der Waals surface area contributed by atoms with Crippen LogP contribution < -0.4 is 5.32 Å². The van der Waals surface area contributed by atoms with Gasteiger partial charge in [-0.05, 0) is 6.08 Å². The molecule has 1 N–H and O–H groups in total. The number of aromatic nitrogens is 2. The molecule has 0 fully saturated rings. The van der Waals surface area contributed by atoms with Gasteiger partial charge in [-0.15, -0.1) is 6.58 Å². The van der Waals surface area contributed by atoms with Gasteiger partial charge < -0.3 is 9.88 Å². The summed E-state index contributed by atoms with van der Waals surface area (Å²) >= 11 is 0. The molecule has 0 aliphatic carbocycles. The molecule has 4 nitrogen and oxygen atoms in total. The highest BCUT2D eigenvalue weighted by molar-refractivity contribution is 5.81. The lowest BCUT2D eigenvalue weighted by atomic mass is 10.1. The summed E-state index contributed by atoms with van der Waals surface area (Å²) in [4.78, 5) is 15.8. The predicted molar refractivity (Wildman–Crippen MR) is 58.0 cm³/mol. The lowest BCUT2D eigenvalue weighted by Crippen LogP contribution is -2.33. The van der Waals surface area contributed by atoms with Crippen LogP contribution in [0.15, 0.2) is 31.1 Å². The Hall–Kier alpha value is -1.84. The van der Waals surface area contributed by atoms with Crippen LogP contribution in [-0.4, -0.2) is 22.0 Å². The van der Waals surface area contributed by atoms with E-state index in [1.807, 2.05) is 22.9 Å². The summed E-state index contributed by atoms with van der Waals surface area (Å²) in [6.07, 6.45) is 9.06. The van der Waals surface area contributed by atoms with E-state index in [9.17, 15) is 4.79 Å². The molecule has 1 aromatic heterocycles. The molecule has 4 heteroatoms. The van der Waals surface area contributed by atoms with Gasteiger partial charge in [0.1, 0.15) is 5.82 Å². The Kier molecular flexibility index (Phi) is 2.67. The van der Waals surface area contributed by atoms with E-state index in [2.05, 4.69) is 16.9 Å². The van der Waals surface area contributed by atoms with Crippen LogP contribution in [0, 0.1) is 5.92 Å². The molecule has 1 amide bonds. The van der Waals surface area contributed by atoms with Crippen LogP contribution in [0.2, 0.25) is 0 Å². The molecule has 0 spiro atoms. The number of fused-ring (bicyclic) bond motifs is 1. The van der Waals surface area contributed by atoms with Crippen molar-refractivity contribution < 1.29 is 4.79 Å². The maximum absolute atomic E-state index is 11.6. The summed E-state index contributed by atoms with van der Waals surface area (Å²) < 4.78 is 1.97. The van der Waals surface area contributed by atoms with Crippen molar-refractivity contribution in [2.75, 3.05) is 6.54 Å². The minimum Gasteiger partial charge on any atom is -0.352 e. The molecule has 2 heterocycles. The molecular weight excluding hydrogens is 190 g/mol. The lowest BCUT2D eigenvalue weighted by molar-refractivity contribution is -0.123. The highest BCUT2D eigenvalue weighted by Gasteiger charge is 2.19. The van der Waals surface area contributed by atoms with E-state index < -0.39 is 0 Å². The molecule has 0 saturated heterocycles. The molecule has 1 aliphatic heterocycles. The first kappa shape index (κ1) is 9.71. The van der Waals surface area contributed by atoms with Crippen molar-refractivity contribution in [3.8, 4) is 0 Å². The summed E-state index contributed by atoms with van der Waals surface area (Å²) in [5.41, 5.74) is 0. The molecule has 2 rings (SSSR count). The number of hydrogen-bond acceptors (Lipinski definition) is 2. The Morgan fingerprint density at radius 2 is 2.67 bits per heavy atom. The van der Waals surface area contributed by atoms with Gasteiger partial charge in [-0.1, -0.05) is 12.2 Å². The van der Waals surface area contributed by atoms with Crippen LogP contribution in [0.25, 0.3) is 6.08 Å². The van der Waals surface area contributed by atoms with E-state index in [1.165, 1.54) is 0 Å². The minimum atomic E-state index is -0.105. The van der Waals surface area contributed by atoms with Gasteiger partial charge in [0, 0.05) is 25.5 Å². The van der Waals surface area contributed by atoms with Gasteiger partial charge in [0.05, 0.1) is 5.92 Å². The number of carbonyl (C=O) groups is 1. The maximum Gasteiger partial charge on any atom is 0.228 e. The van der Waals surface area contributed by atoms with Crippen LogP contribution in [-0.2, 0) is 11.3 Å². The second kappa shape index (κ2) is 4.13. The van der Waals surface area contributed by atoms with Crippen LogP contribution in [0.1, 0.15) is 5.82 Å². The standard InChI is InChI=1S/C11H13N3O/c1-2-5-13-11(15)9-3-4-10-12-6-7-14(10)8-9/h2-4,6-7,9H,1,5,8H2,(H,13,15). The predicted octanol–water partition coefficient (Wildman–Crippen LogP) is 0.828. The fourth-order valence-electron chi connectivity index (χ4n) is 1.58. The first-order valence-corrected chi connectivity index (χ1v) is 4.89. The van der Waals surface area contributed by atoms with Gasteiger partial charge in [0.15, 0.2) is 0 Å². The second-order valence-corrected chi connectivity index (χ2v) is 3.44. The van der Waals surface area contributed by atoms with Gasteiger partial charge in [-0.25, -0.2) is 4.98 Å². The van der Waals surface area contributed by atoms with Gasteiger partial charge in [0.25, 0.3) is 0 Å². The first-order valence-electron chi connectivity index (χ1n) is 4.89. The first-order chi connectivity index (χ1) is 7.31. The normalized spacial score (nSPS) is 18.3. The van der Waals surface area contributed by atoms with Gasteiger partial charge >= 0.3 is 0 Å². The number of nitrogens with zero attached hydrogens (tertiary/aromatic N) is 2. The molecule has 78 valence electrons. The quantitative estimate of drug-likeness (QED) is 0.739.